The van der Waals surface area contributed by atoms with E-state index in [2.05, 4.69) is 22.1 Å². The topological polar surface area (TPSA) is 45.2 Å². The van der Waals surface area contributed by atoms with Gasteiger partial charge in [-0.25, -0.2) is 0 Å². The summed E-state index contributed by atoms with van der Waals surface area (Å²) in [5.74, 6) is 0.237. The van der Waals surface area contributed by atoms with Gasteiger partial charge in [-0.1, -0.05) is 6.92 Å². The first-order valence-electron chi connectivity index (χ1n) is 7.20. The van der Waals surface area contributed by atoms with Gasteiger partial charge in [0.25, 0.3) is 0 Å². The molecule has 1 aliphatic rings. The lowest BCUT2D eigenvalue weighted by Crippen LogP contribution is -2.46. The van der Waals surface area contributed by atoms with Crippen molar-refractivity contribution < 1.29 is 4.79 Å². The van der Waals surface area contributed by atoms with Crippen LogP contribution in [-0.4, -0.2) is 34.9 Å². The molecule has 104 valence electrons. The Bertz CT molecular complexity index is 394. The van der Waals surface area contributed by atoms with Crippen LogP contribution in [0.3, 0.4) is 0 Å². The molecule has 1 aliphatic heterocycles. The van der Waals surface area contributed by atoms with Crippen LogP contribution in [0, 0.1) is 0 Å². The van der Waals surface area contributed by atoms with E-state index in [-0.39, 0.29) is 5.91 Å². The van der Waals surface area contributed by atoms with Gasteiger partial charge in [0.05, 0.1) is 6.54 Å². The molecule has 0 bridgehead atoms. The van der Waals surface area contributed by atoms with Gasteiger partial charge in [0.1, 0.15) is 0 Å². The third-order valence-electron chi connectivity index (χ3n) is 3.77. The fraction of sp³-hybridized carbons (Fsp3) is 0.600. The Morgan fingerprint density at radius 1 is 1.42 bits per heavy atom. The molecular weight excluding hydrogens is 238 g/mol. The number of aromatic nitrogens is 1. The van der Waals surface area contributed by atoms with Crippen LogP contribution in [0.25, 0.3) is 0 Å². The Balaban J connectivity index is 1.77. The molecule has 0 spiro atoms. The lowest BCUT2D eigenvalue weighted by molar-refractivity contribution is -0.134. The minimum absolute atomic E-state index is 0.237. The highest BCUT2D eigenvalue weighted by molar-refractivity contribution is 5.78. The fourth-order valence-electron chi connectivity index (χ4n) is 2.67. The Kier molecular flexibility index (Phi) is 5.33. The van der Waals surface area contributed by atoms with Crippen molar-refractivity contribution >= 4 is 5.91 Å². The minimum Gasteiger partial charge on any atom is -0.339 e. The second-order valence-electron chi connectivity index (χ2n) is 5.10. The molecule has 1 aromatic heterocycles. The lowest BCUT2D eigenvalue weighted by Gasteiger charge is -2.35. The number of carbonyl (C=O) groups is 1. The Labute approximate surface area is 115 Å². The molecule has 19 heavy (non-hydrogen) atoms. The summed E-state index contributed by atoms with van der Waals surface area (Å²) in [6.07, 6.45) is 8.18. The van der Waals surface area contributed by atoms with Crippen molar-refractivity contribution in [3.8, 4) is 0 Å². The van der Waals surface area contributed by atoms with Crippen molar-refractivity contribution in [2.45, 2.75) is 45.2 Å². The zero-order valence-electron chi connectivity index (χ0n) is 11.6. The highest BCUT2D eigenvalue weighted by Crippen LogP contribution is 2.19. The first kappa shape index (κ1) is 14.0. The van der Waals surface area contributed by atoms with Gasteiger partial charge in [-0.2, -0.15) is 0 Å². The van der Waals surface area contributed by atoms with Gasteiger partial charge < -0.3 is 10.2 Å². The van der Waals surface area contributed by atoms with Crippen LogP contribution in [0.4, 0.5) is 0 Å². The van der Waals surface area contributed by atoms with E-state index in [1.807, 2.05) is 12.1 Å². The van der Waals surface area contributed by atoms with E-state index >= 15 is 0 Å². The van der Waals surface area contributed by atoms with E-state index in [1.165, 1.54) is 6.42 Å². The summed E-state index contributed by atoms with van der Waals surface area (Å²) in [4.78, 5) is 18.2. The monoisotopic (exact) mass is 261 g/mol. The average molecular weight is 261 g/mol. The van der Waals surface area contributed by atoms with Gasteiger partial charge in [-0.05, 0) is 43.4 Å². The van der Waals surface area contributed by atoms with Crippen molar-refractivity contribution in [2.24, 2.45) is 0 Å². The Morgan fingerprint density at radius 2 is 2.21 bits per heavy atom. The number of nitrogens with one attached hydrogen (secondary N) is 1. The van der Waals surface area contributed by atoms with Crippen LogP contribution in [0.15, 0.2) is 24.5 Å². The number of piperidine rings is 1. The van der Waals surface area contributed by atoms with Gasteiger partial charge in [-0.15, -0.1) is 0 Å². The highest BCUT2D eigenvalue weighted by atomic mass is 16.2. The summed E-state index contributed by atoms with van der Waals surface area (Å²) >= 11 is 0. The molecule has 2 rings (SSSR count). The quantitative estimate of drug-likeness (QED) is 0.881. The van der Waals surface area contributed by atoms with Gasteiger partial charge in [0.15, 0.2) is 0 Å². The van der Waals surface area contributed by atoms with Gasteiger partial charge in [0.2, 0.25) is 5.91 Å². The lowest BCUT2D eigenvalue weighted by atomic mass is 10.00. The molecule has 0 aliphatic carbocycles. The molecule has 1 atom stereocenters. The van der Waals surface area contributed by atoms with Crippen molar-refractivity contribution in [3.05, 3.63) is 30.1 Å². The molecule has 1 aromatic rings. The number of rotatable bonds is 5. The number of hydrogen-bond acceptors (Lipinski definition) is 3. The second-order valence-corrected chi connectivity index (χ2v) is 5.10. The van der Waals surface area contributed by atoms with Crippen molar-refractivity contribution in [1.82, 2.24) is 15.2 Å². The minimum atomic E-state index is 0.237. The van der Waals surface area contributed by atoms with Crippen molar-refractivity contribution in [2.75, 3.05) is 13.1 Å². The number of likely N-dealkylation sites (tertiary alicyclic amines) is 1. The SMILES string of the molecule is CCC1CCCCN1C(=O)CNCc1ccncc1. The summed E-state index contributed by atoms with van der Waals surface area (Å²) in [7, 11) is 0. The van der Waals surface area contributed by atoms with Crippen LogP contribution < -0.4 is 5.32 Å². The van der Waals surface area contributed by atoms with Gasteiger partial charge in [-0.3, -0.25) is 9.78 Å². The smallest absolute Gasteiger partial charge is 0.236 e. The fourth-order valence-corrected chi connectivity index (χ4v) is 2.67. The summed E-state index contributed by atoms with van der Waals surface area (Å²) in [6.45, 7) is 4.24. The highest BCUT2D eigenvalue weighted by Gasteiger charge is 2.24. The van der Waals surface area contributed by atoms with Crippen LogP contribution in [0.1, 0.15) is 38.2 Å². The van der Waals surface area contributed by atoms with E-state index in [0.717, 1.165) is 37.9 Å². The molecule has 0 saturated carbocycles. The maximum atomic E-state index is 12.2. The van der Waals surface area contributed by atoms with E-state index < -0.39 is 0 Å². The molecule has 1 saturated heterocycles. The second kappa shape index (κ2) is 7.24. The first-order valence-corrected chi connectivity index (χ1v) is 7.20. The predicted molar refractivity (Wildman–Crippen MR) is 75.6 cm³/mol. The van der Waals surface area contributed by atoms with Crippen LogP contribution >= 0.6 is 0 Å². The molecule has 2 heterocycles. The molecule has 0 radical (unpaired) electrons. The van der Waals surface area contributed by atoms with E-state index in [1.54, 1.807) is 12.4 Å². The predicted octanol–water partition coefficient (Wildman–Crippen LogP) is 1.96. The molecule has 4 heteroatoms. The maximum Gasteiger partial charge on any atom is 0.236 e. The molecule has 4 nitrogen and oxygen atoms in total. The third kappa shape index (κ3) is 4.03. The number of hydrogen-bond donors (Lipinski definition) is 1. The third-order valence-corrected chi connectivity index (χ3v) is 3.77. The van der Waals surface area contributed by atoms with E-state index in [9.17, 15) is 4.79 Å². The Hall–Kier alpha value is -1.42. The van der Waals surface area contributed by atoms with Crippen LogP contribution in [-0.2, 0) is 11.3 Å². The van der Waals surface area contributed by atoms with Gasteiger partial charge in [0, 0.05) is 31.5 Å². The van der Waals surface area contributed by atoms with Crippen molar-refractivity contribution in [3.63, 3.8) is 0 Å². The molecular formula is C15H23N3O. The molecule has 1 amide bonds. The number of amides is 1. The normalized spacial score (nSPS) is 19.4. The zero-order valence-corrected chi connectivity index (χ0v) is 11.6. The summed E-state index contributed by atoms with van der Waals surface area (Å²) < 4.78 is 0. The molecule has 1 unspecified atom stereocenters. The van der Waals surface area contributed by atoms with Crippen molar-refractivity contribution in [1.29, 1.82) is 0 Å². The van der Waals surface area contributed by atoms with Crippen LogP contribution in [0.2, 0.25) is 0 Å². The van der Waals surface area contributed by atoms with E-state index in [4.69, 9.17) is 0 Å². The summed E-state index contributed by atoms with van der Waals surface area (Å²) in [5.41, 5.74) is 1.16. The first-order chi connectivity index (χ1) is 9.31. The largest absolute Gasteiger partial charge is 0.339 e. The molecule has 1 N–H and O–H groups in total. The average Bonchev–Trinajstić information content (AvgIpc) is 2.48. The van der Waals surface area contributed by atoms with Gasteiger partial charge >= 0.3 is 0 Å². The summed E-state index contributed by atoms with van der Waals surface area (Å²) in [6, 6.07) is 4.38. The van der Waals surface area contributed by atoms with E-state index in [0.29, 0.717) is 12.6 Å². The number of pyridine rings is 1. The summed E-state index contributed by atoms with van der Waals surface area (Å²) in [5, 5.41) is 3.22. The standard InChI is InChI=1S/C15H23N3O/c1-2-14-5-3-4-10-18(14)15(19)12-17-11-13-6-8-16-9-7-13/h6-9,14,17H,2-5,10-12H2,1H3. The Morgan fingerprint density at radius 3 is 2.95 bits per heavy atom. The van der Waals surface area contributed by atoms with Crippen LogP contribution in [0.5, 0.6) is 0 Å². The zero-order chi connectivity index (χ0) is 13.5. The number of nitrogens with zero attached hydrogens (tertiary/aromatic N) is 2. The molecule has 1 fully saturated rings. The number of carbonyl (C=O) groups excluding carboxylic acids is 1. The molecule has 0 aromatic carbocycles. The maximum absolute atomic E-state index is 12.2.